The Hall–Kier alpha value is -2.44. The van der Waals surface area contributed by atoms with Gasteiger partial charge in [-0.25, -0.2) is 4.79 Å². The van der Waals surface area contributed by atoms with Crippen molar-refractivity contribution in [3.63, 3.8) is 0 Å². The number of rotatable bonds is 3. The molecule has 0 aliphatic carbocycles. The van der Waals surface area contributed by atoms with Crippen molar-refractivity contribution >= 4 is 17.7 Å². The number of anilines is 1. The van der Waals surface area contributed by atoms with Gasteiger partial charge in [-0.3, -0.25) is 4.79 Å². The molecular weight excluding hydrogens is 334 g/mol. The molecule has 2 fully saturated rings. The summed E-state index contributed by atoms with van der Waals surface area (Å²) in [6.45, 7) is 4.33. The number of likely N-dealkylation sites (tertiary alicyclic amines) is 1. The van der Waals surface area contributed by atoms with Gasteiger partial charge in [0.1, 0.15) is 5.75 Å². The van der Waals surface area contributed by atoms with E-state index in [9.17, 15) is 9.59 Å². The van der Waals surface area contributed by atoms with Crippen LogP contribution in [0.2, 0.25) is 0 Å². The number of hydrogen-bond donors (Lipinski definition) is 0. The van der Waals surface area contributed by atoms with Crippen LogP contribution in [-0.4, -0.2) is 75.3 Å². The average molecular weight is 361 g/mol. The van der Waals surface area contributed by atoms with Crippen LogP contribution >= 0.6 is 0 Å². The lowest BCUT2D eigenvalue weighted by Gasteiger charge is -2.39. The van der Waals surface area contributed by atoms with E-state index >= 15 is 0 Å². The van der Waals surface area contributed by atoms with Gasteiger partial charge in [0, 0.05) is 50.9 Å². The van der Waals surface area contributed by atoms with Gasteiger partial charge < -0.3 is 24.2 Å². The fourth-order valence-corrected chi connectivity index (χ4v) is 3.67. The van der Waals surface area contributed by atoms with Crippen LogP contribution in [-0.2, 0) is 9.53 Å². The number of amides is 2. The van der Waals surface area contributed by atoms with Crippen LogP contribution < -0.4 is 9.64 Å². The summed E-state index contributed by atoms with van der Waals surface area (Å²) in [4.78, 5) is 30.3. The minimum atomic E-state index is -0.302. The molecule has 0 N–H and O–H groups in total. The number of carbonyl (C=O) groups excluding carboxylic acids is 2. The monoisotopic (exact) mass is 361 g/mol. The summed E-state index contributed by atoms with van der Waals surface area (Å²) in [7, 11) is 3.05. The lowest BCUT2D eigenvalue weighted by Crippen LogP contribution is -2.52. The van der Waals surface area contributed by atoms with E-state index in [1.807, 2.05) is 17.0 Å². The topological polar surface area (TPSA) is 62.3 Å². The Balaban J connectivity index is 1.48. The number of piperazine rings is 1. The average Bonchev–Trinajstić information content (AvgIpc) is 2.73. The second-order valence-electron chi connectivity index (χ2n) is 6.74. The lowest BCUT2D eigenvalue weighted by atomic mass is 9.95. The lowest BCUT2D eigenvalue weighted by molar-refractivity contribution is -0.137. The smallest absolute Gasteiger partial charge is 0.409 e. The maximum absolute atomic E-state index is 12.8. The summed E-state index contributed by atoms with van der Waals surface area (Å²) in [6.07, 6.45) is 1.13. The maximum Gasteiger partial charge on any atom is 0.409 e. The Labute approximate surface area is 154 Å². The fourth-order valence-electron chi connectivity index (χ4n) is 3.67. The molecule has 2 amide bonds. The van der Waals surface area contributed by atoms with Gasteiger partial charge in [-0.15, -0.1) is 0 Å². The molecule has 0 atom stereocenters. The van der Waals surface area contributed by atoms with Gasteiger partial charge in [0.05, 0.1) is 14.2 Å². The number of piperidine rings is 1. The predicted molar refractivity (Wildman–Crippen MR) is 98.5 cm³/mol. The Morgan fingerprint density at radius 1 is 0.885 bits per heavy atom. The molecule has 0 bridgehead atoms. The minimum absolute atomic E-state index is 0.0171. The molecule has 2 aliphatic rings. The number of benzene rings is 1. The summed E-state index contributed by atoms with van der Waals surface area (Å²) in [6, 6.07) is 8.03. The molecule has 26 heavy (non-hydrogen) atoms. The third-order valence-corrected chi connectivity index (χ3v) is 5.31. The number of methoxy groups -OCH3 is 2. The van der Waals surface area contributed by atoms with E-state index in [0.717, 1.165) is 37.6 Å². The largest absolute Gasteiger partial charge is 0.497 e. The van der Waals surface area contributed by atoms with Crippen LogP contribution in [0.5, 0.6) is 5.75 Å². The second kappa shape index (κ2) is 8.29. The molecule has 0 saturated carbocycles. The van der Waals surface area contributed by atoms with Gasteiger partial charge >= 0.3 is 6.09 Å². The Kier molecular flexibility index (Phi) is 5.85. The van der Waals surface area contributed by atoms with E-state index < -0.39 is 0 Å². The van der Waals surface area contributed by atoms with Crippen molar-refractivity contribution in [1.82, 2.24) is 9.80 Å². The number of ether oxygens (including phenoxy) is 2. The zero-order chi connectivity index (χ0) is 18.5. The van der Waals surface area contributed by atoms with Crippen molar-refractivity contribution < 1.29 is 19.1 Å². The zero-order valence-electron chi connectivity index (χ0n) is 15.5. The molecule has 1 aromatic rings. The summed E-state index contributed by atoms with van der Waals surface area (Å²) in [5, 5.41) is 0. The molecule has 0 unspecified atom stereocenters. The summed E-state index contributed by atoms with van der Waals surface area (Å²) in [5.41, 5.74) is 1.16. The highest BCUT2D eigenvalue weighted by molar-refractivity contribution is 5.79. The van der Waals surface area contributed by atoms with Crippen molar-refractivity contribution in [3.05, 3.63) is 24.3 Å². The van der Waals surface area contributed by atoms with Crippen molar-refractivity contribution in [2.24, 2.45) is 5.92 Å². The Morgan fingerprint density at radius 3 is 2.04 bits per heavy atom. The molecule has 7 nitrogen and oxygen atoms in total. The van der Waals surface area contributed by atoms with Gasteiger partial charge in [0.15, 0.2) is 0 Å². The molecule has 2 aliphatic heterocycles. The highest BCUT2D eigenvalue weighted by atomic mass is 16.5. The Bertz CT molecular complexity index is 618. The number of nitrogens with zero attached hydrogens (tertiary/aromatic N) is 3. The van der Waals surface area contributed by atoms with Crippen molar-refractivity contribution in [1.29, 1.82) is 0 Å². The summed E-state index contributed by atoms with van der Waals surface area (Å²) >= 11 is 0. The molecule has 0 radical (unpaired) electrons. The van der Waals surface area contributed by atoms with Crippen molar-refractivity contribution in [2.75, 3.05) is 58.4 Å². The van der Waals surface area contributed by atoms with Crippen LogP contribution in [0.1, 0.15) is 12.8 Å². The van der Waals surface area contributed by atoms with E-state index in [1.165, 1.54) is 7.11 Å². The quantitative estimate of drug-likeness (QED) is 0.822. The Morgan fingerprint density at radius 2 is 1.50 bits per heavy atom. The molecule has 7 heteroatoms. The van der Waals surface area contributed by atoms with E-state index in [4.69, 9.17) is 9.47 Å². The SMILES string of the molecule is COC(=O)N1CCC(C(=O)N2CCN(c3ccc(OC)cc3)CC2)CC1. The first-order chi connectivity index (χ1) is 12.6. The number of hydrogen-bond acceptors (Lipinski definition) is 5. The highest BCUT2D eigenvalue weighted by Crippen LogP contribution is 2.23. The molecular formula is C19H27N3O4. The van der Waals surface area contributed by atoms with Gasteiger partial charge in [0.2, 0.25) is 5.91 Å². The van der Waals surface area contributed by atoms with Gasteiger partial charge in [-0.2, -0.15) is 0 Å². The summed E-state index contributed by atoms with van der Waals surface area (Å²) in [5.74, 6) is 1.09. The van der Waals surface area contributed by atoms with Gasteiger partial charge in [0.25, 0.3) is 0 Å². The van der Waals surface area contributed by atoms with E-state index in [1.54, 1.807) is 12.0 Å². The van der Waals surface area contributed by atoms with Gasteiger partial charge in [-0.1, -0.05) is 0 Å². The first kappa shape index (κ1) is 18.4. The maximum atomic E-state index is 12.8. The van der Waals surface area contributed by atoms with E-state index in [0.29, 0.717) is 25.9 Å². The third kappa shape index (κ3) is 4.03. The molecule has 3 rings (SSSR count). The standard InChI is InChI=1S/C19H27N3O4/c1-25-17-5-3-16(4-6-17)20-11-13-21(14-12-20)18(23)15-7-9-22(10-8-15)19(24)26-2/h3-6,15H,7-14H2,1-2H3. The second-order valence-corrected chi connectivity index (χ2v) is 6.74. The van der Waals surface area contributed by atoms with Crippen LogP contribution in [0.4, 0.5) is 10.5 Å². The zero-order valence-corrected chi connectivity index (χ0v) is 15.5. The molecule has 2 saturated heterocycles. The third-order valence-electron chi connectivity index (χ3n) is 5.31. The van der Waals surface area contributed by atoms with Crippen LogP contribution in [0, 0.1) is 5.92 Å². The molecule has 142 valence electrons. The number of carbonyl (C=O) groups is 2. The molecule has 2 heterocycles. The first-order valence-corrected chi connectivity index (χ1v) is 9.13. The van der Waals surface area contributed by atoms with Gasteiger partial charge in [-0.05, 0) is 37.1 Å². The van der Waals surface area contributed by atoms with Crippen molar-refractivity contribution in [2.45, 2.75) is 12.8 Å². The minimum Gasteiger partial charge on any atom is -0.497 e. The summed E-state index contributed by atoms with van der Waals surface area (Å²) < 4.78 is 9.95. The van der Waals surface area contributed by atoms with E-state index in [2.05, 4.69) is 17.0 Å². The predicted octanol–water partition coefficient (Wildman–Crippen LogP) is 1.82. The highest BCUT2D eigenvalue weighted by Gasteiger charge is 2.31. The normalized spacial score (nSPS) is 18.6. The molecule has 0 aromatic heterocycles. The first-order valence-electron chi connectivity index (χ1n) is 9.13. The van der Waals surface area contributed by atoms with Crippen LogP contribution in [0.15, 0.2) is 24.3 Å². The van der Waals surface area contributed by atoms with Crippen LogP contribution in [0.3, 0.4) is 0 Å². The fraction of sp³-hybridized carbons (Fsp3) is 0.579. The van der Waals surface area contributed by atoms with Crippen molar-refractivity contribution in [3.8, 4) is 5.75 Å². The molecule has 1 aromatic carbocycles. The van der Waals surface area contributed by atoms with E-state index in [-0.39, 0.29) is 17.9 Å². The molecule has 0 spiro atoms. The van der Waals surface area contributed by atoms with Crippen LogP contribution in [0.25, 0.3) is 0 Å².